The average Bonchev–Trinajstić information content (AvgIpc) is 3.11. The minimum Gasteiger partial charge on any atom is -0.345 e. The van der Waals surface area contributed by atoms with E-state index in [1.54, 1.807) is 18.3 Å². The van der Waals surface area contributed by atoms with Crippen LogP contribution in [0.3, 0.4) is 0 Å². The zero-order valence-electron chi connectivity index (χ0n) is 17.6. The van der Waals surface area contributed by atoms with Gasteiger partial charge in [0.2, 0.25) is 5.91 Å². The summed E-state index contributed by atoms with van der Waals surface area (Å²) in [5, 5.41) is 7.45. The number of nitrogens with one attached hydrogen (secondary N) is 2. The van der Waals surface area contributed by atoms with E-state index in [9.17, 15) is 13.6 Å². The molecule has 2 saturated heterocycles. The third-order valence-electron chi connectivity index (χ3n) is 6.51. The van der Waals surface area contributed by atoms with Crippen LogP contribution in [0.25, 0.3) is 10.9 Å². The number of alkyl halides is 2. The van der Waals surface area contributed by atoms with E-state index < -0.39 is 12.0 Å². The lowest BCUT2D eigenvalue weighted by molar-refractivity contribution is -0.124. The first-order chi connectivity index (χ1) is 14.4. The predicted molar refractivity (Wildman–Crippen MR) is 113 cm³/mol. The lowest BCUT2D eigenvalue weighted by Crippen LogP contribution is -2.57. The maximum Gasteiger partial charge on any atom is 0.265 e. The number of pyridine rings is 1. The highest BCUT2D eigenvalue weighted by atomic mass is 19.3. The molecule has 2 fully saturated rings. The van der Waals surface area contributed by atoms with Gasteiger partial charge in [0.25, 0.3) is 6.43 Å². The molecule has 2 N–H and O–H groups in total. The monoisotopic (exact) mass is 416 g/mol. The molecule has 1 unspecified atom stereocenters. The number of aromatic nitrogens is 1. The van der Waals surface area contributed by atoms with E-state index in [0.29, 0.717) is 35.7 Å². The van der Waals surface area contributed by atoms with Gasteiger partial charge < -0.3 is 15.5 Å². The quantitative estimate of drug-likeness (QED) is 0.784. The average molecular weight is 417 g/mol. The highest BCUT2D eigenvalue weighted by Gasteiger charge is 2.40. The summed E-state index contributed by atoms with van der Waals surface area (Å²) in [6.45, 7) is 5.55. The number of benzene rings is 1. The van der Waals surface area contributed by atoms with Crippen LogP contribution < -0.4 is 10.6 Å². The van der Waals surface area contributed by atoms with Gasteiger partial charge in [-0.3, -0.25) is 9.78 Å². The van der Waals surface area contributed by atoms with Crippen molar-refractivity contribution >= 4 is 16.8 Å². The molecule has 5 nitrogen and oxygen atoms in total. The molecule has 0 saturated carbocycles. The Kier molecular flexibility index (Phi) is 6.02. The Bertz CT molecular complexity index is 921. The molecule has 2 aliphatic heterocycles. The number of amides is 1. The van der Waals surface area contributed by atoms with Crippen LogP contribution in [0.2, 0.25) is 0 Å². The van der Waals surface area contributed by atoms with E-state index in [1.165, 1.54) is 6.07 Å². The fourth-order valence-corrected chi connectivity index (χ4v) is 5.20. The first-order valence-electron chi connectivity index (χ1n) is 10.7. The summed E-state index contributed by atoms with van der Waals surface area (Å²) in [6, 6.07) is 6.83. The molecule has 2 aliphatic rings. The van der Waals surface area contributed by atoms with Crippen molar-refractivity contribution < 1.29 is 13.6 Å². The smallest absolute Gasteiger partial charge is 0.265 e. The maximum absolute atomic E-state index is 13.6. The summed E-state index contributed by atoms with van der Waals surface area (Å²) < 4.78 is 27.1. The van der Waals surface area contributed by atoms with Crippen molar-refractivity contribution in [3.05, 3.63) is 41.6 Å². The van der Waals surface area contributed by atoms with Gasteiger partial charge in [-0.25, -0.2) is 8.78 Å². The normalized spacial score (nSPS) is 27.6. The van der Waals surface area contributed by atoms with Crippen molar-refractivity contribution in [3.8, 4) is 0 Å². The number of rotatable bonds is 5. The van der Waals surface area contributed by atoms with Gasteiger partial charge in [-0.15, -0.1) is 0 Å². The second kappa shape index (κ2) is 8.55. The van der Waals surface area contributed by atoms with Crippen LogP contribution in [0.4, 0.5) is 8.78 Å². The molecule has 4 rings (SSSR count). The molecule has 1 aromatic heterocycles. The van der Waals surface area contributed by atoms with Crippen LogP contribution in [0.5, 0.6) is 0 Å². The SMILES string of the molecule is C[C@@H]1CNC[C@](NC(=O)CC2CCN(C)C2)(c2ccc(C(F)F)c3ncccc23)C1. The number of carbonyl (C=O) groups is 1. The second-order valence-corrected chi connectivity index (χ2v) is 9.09. The molecule has 3 atom stereocenters. The third-order valence-corrected chi connectivity index (χ3v) is 6.51. The second-order valence-electron chi connectivity index (χ2n) is 9.09. The molecule has 0 bridgehead atoms. The molecular formula is C23H30F2N4O. The van der Waals surface area contributed by atoms with E-state index in [4.69, 9.17) is 0 Å². The van der Waals surface area contributed by atoms with Gasteiger partial charge in [0.05, 0.1) is 11.1 Å². The van der Waals surface area contributed by atoms with Crippen molar-refractivity contribution in [3.63, 3.8) is 0 Å². The number of hydrogen-bond donors (Lipinski definition) is 2. The molecule has 0 spiro atoms. The van der Waals surface area contributed by atoms with Crippen molar-refractivity contribution in [1.82, 2.24) is 20.5 Å². The Morgan fingerprint density at radius 2 is 2.23 bits per heavy atom. The number of fused-ring (bicyclic) bond motifs is 1. The lowest BCUT2D eigenvalue weighted by atomic mass is 9.77. The van der Waals surface area contributed by atoms with E-state index in [0.717, 1.165) is 38.0 Å². The molecule has 3 heterocycles. The fourth-order valence-electron chi connectivity index (χ4n) is 5.20. The number of hydrogen-bond acceptors (Lipinski definition) is 4. The van der Waals surface area contributed by atoms with Crippen molar-refractivity contribution in [2.24, 2.45) is 11.8 Å². The third kappa shape index (κ3) is 4.18. The molecule has 30 heavy (non-hydrogen) atoms. The molecular weight excluding hydrogens is 386 g/mol. The number of halogens is 2. The van der Waals surface area contributed by atoms with Crippen LogP contribution in [-0.4, -0.2) is 49.0 Å². The molecule has 0 aliphatic carbocycles. The van der Waals surface area contributed by atoms with E-state index in [2.05, 4.69) is 34.5 Å². The zero-order valence-corrected chi connectivity index (χ0v) is 17.6. The van der Waals surface area contributed by atoms with Crippen molar-refractivity contribution in [1.29, 1.82) is 0 Å². The summed E-state index contributed by atoms with van der Waals surface area (Å²) in [7, 11) is 2.08. The van der Waals surface area contributed by atoms with Gasteiger partial charge in [-0.2, -0.15) is 0 Å². The summed E-state index contributed by atoms with van der Waals surface area (Å²) in [4.78, 5) is 19.6. The first-order valence-corrected chi connectivity index (χ1v) is 10.7. The standard InChI is InChI=1S/C23H30F2N4O/c1-15-11-23(14-26-12-15,28-20(30)10-16-7-9-29(2)13-16)19-6-5-18(22(24)25)21-17(19)4-3-8-27-21/h3-6,8,15-16,22,26H,7,9-14H2,1-2H3,(H,28,30)/t15-,16?,23-/m0/s1. The Hall–Kier alpha value is -2.12. The number of nitrogens with zero attached hydrogens (tertiary/aromatic N) is 2. The lowest BCUT2D eigenvalue weighted by Gasteiger charge is -2.42. The van der Waals surface area contributed by atoms with E-state index in [1.807, 2.05) is 6.07 Å². The summed E-state index contributed by atoms with van der Waals surface area (Å²) in [6.07, 6.45) is 1.23. The van der Waals surface area contributed by atoms with Gasteiger partial charge >= 0.3 is 0 Å². The highest BCUT2D eigenvalue weighted by Crippen LogP contribution is 2.38. The minimum atomic E-state index is -2.59. The van der Waals surface area contributed by atoms with Crippen LogP contribution in [0.15, 0.2) is 30.5 Å². The fraction of sp³-hybridized carbons (Fsp3) is 0.565. The van der Waals surface area contributed by atoms with Gasteiger partial charge in [0, 0.05) is 36.7 Å². The maximum atomic E-state index is 13.6. The summed E-state index contributed by atoms with van der Waals surface area (Å²) in [5.41, 5.74) is 0.475. The van der Waals surface area contributed by atoms with Crippen LogP contribution >= 0.6 is 0 Å². The van der Waals surface area contributed by atoms with Crippen molar-refractivity contribution in [2.75, 3.05) is 33.2 Å². The Labute approximate surface area is 176 Å². The molecule has 1 aromatic carbocycles. The number of carbonyl (C=O) groups excluding carboxylic acids is 1. The Balaban J connectivity index is 1.71. The van der Waals surface area contributed by atoms with Gasteiger partial charge in [-0.1, -0.05) is 25.1 Å². The molecule has 0 radical (unpaired) electrons. The Morgan fingerprint density at radius 1 is 1.40 bits per heavy atom. The first kappa shape index (κ1) is 21.1. The Morgan fingerprint density at radius 3 is 2.93 bits per heavy atom. The highest BCUT2D eigenvalue weighted by molar-refractivity contribution is 5.87. The van der Waals surface area contributed by atoms with Crippen LogP contribution in [-0.2, 0) is 10.3 Å². The number of piperidine rings is 1. The number of likely N-dealkylation sites (tertiary alicyclic amines) is 1. The molecule has 162 valence electrons. The van der Waals surface area contributed by atoms with Gasteiger partial charge in [-0.05, 0) is 56.4 Å². The van der Waals surface area contributed by atoms with Crippen LogP contribution in [0.1, 0.15) is 43.7 Å². The summed E-state index contributed by atoms with van der Waals surface area (Å²) >= 11 is 0. The topological polar surface area (TPSA) is 57.3 Å². The van der Waals surface area contributed by atoms with Gasteiger partial charge in [0.1, 0.15) is 0 Å². The van der Waals surface area contributed by atoms with E-state index >= 15 is 0 Å². The summed E-state index contributed by atoms with van der Waals surface area (Å²) in [5.74, 6) is 0.736. The molecule has 1 amide bonds. The van der Waals surface area contributed by atoms with Crippen LogP contribution in [0, 0.1) is 11.8 Å². The molecule has 7 heteroatoms. The predicted octanol–water partition coefficient (Wildman–Crippen LogP) is 3.46. The van der Waals surface area contributed by atoms with Gasteiger partial charge in [0.15, 0.2) is 0 Å². The van der Waals surface area contributed by atoms with E-state index in [-0.39, 0.29) is 11.5 Å². The molecule has 2 aromatic rings. The largest absolute Gasteiger partial charge is 0.345 e. The van der Waals surface area contributed by atoms with Crippen molar-refractivity contribution in [2.45, 2.75) is 38.2 Å². The zero-order chi connectivity index (χ0) is 21.3. The minimum absolute atomic E-state index is 0.0289.